The highest BCUT2D eigenvalue weighted by Gasteiger charge is 2.03. The number of nitrogens with zero attached hydrogens (tertiary/aromatic N) is 2. The third-order valence-corrected chi connectivity index (χ3v) is 4.81. The Hall–Kier alpha value is -2.17. The predicted octanol–water partition coefficient (Wildman–Crippen LogP) is 4.34. The number of rotatable bonds is 2. The molecule has 0 atom stereocenters. The molecular weight excluding hydrogens is 328 g/mol. The number of amides is 1. The number of hydrogen-bond donors (Lipinski definition) is 0. The summed E-state index contributed by atoms with van der Waals surface area (Å²) in [5.41, 5.74) is 3.18. The maximum Gasteiger partial charge on any atom is 0.272 e. The molecular formula is C18H15ClN2OS. The van der Waals surface area contributed by atoms with Crippen molar-refractivity contribution >= 4 is 45.1 Å². The molecule has 0 radical (unpaired) electrons. The molecule has 0 fully saturated rings. The molecule has 1 aromatic heterocycles. The predicted molar refractivity (Wildman–Crippen MR) is 96.6 cm³/mol. The van der Waals surface area contributed by atoms with Gasteiger partial charge in [0.15, 0.2) is 4.80 Å². The molecule has 3 aromatic rings. The first-order valence-corrected chi connectivity index (χ1v) is 8.31. The van der Waals surface area contributed by atoms with Crippen LogP contribution in [0.1, 0.15) is 11.1 Å². The number of halogens is 1. The second-order valence-corrected chi connectivity index (χ2v) is 6.70. The van der Waals surface area contributed by atoms with E-state index in [4.69, 9.17) is 11.6 Å². The molecule has 0 bridgehead atoms. The van der Waals surface area contributed by atoms with Gasteiger partial charge in [0, 0.05) is 18.1 Å². The van der Waals surface area contributed by atoms with Gasteiger partial charge in [-0.05, 0) is 48.4 Å². The lowest BCUT2D eigenvalue weighted by Gasteiger charge is -1.95. The Morgan fingerprint density at radius 2 is 1.96 bits per heavy atom. The van der Waals surface area contributed by atoms with Crippen LogP contribution in [0.15, 0.2) is 53.5 Å². The molecule has 0 spiro atoms. The van der Waals surface area contributed by atoms with Crippen molar-refractivity contribution in [2.75, 3.05) is 0 Å². The van der Waals surface area contributed by atoms with Crippen LogP contribution in [0, 0.1) is 6.92 Å². The van der Waals surface area contributed by atoms with E-state index in [1.165, 1.54) is 23.0 Å². The van der Waals surface area contributed by atoms with E-state index in [1.807, 2.05) is 29.8 Å². The number of hydrogen-bond acceptors (Lipinski definition) is 2. The Kier molecular flexibility index (Phi) is 4.46. The van der Waals surface area contributed by atoms with Gasteiger partial charge in [-0.2, -0.15) is 4.99 Å². The summed E-state index contributed by atoms with van der Waals surface area (Å²) in [6.45, 7) is 2.05. The number of carbonyl (C=O) groups excluding carboxylic acids is 1. The summed E-state index contributed by atoms with van der Waals surface area (Å²) < 4.78 is 3.06. The van der Waals surface area contributed by atoms with E-state index >= 15 is 0 Å². The molecule has 0 unspecified atom stereocenters. The molecule has 2 aromatic carbocycles. The number of carbonyl (C=O) groups is 1. The summed E-state index contributed by atoms with van der Waals surface area (Å²) in [7, 11) is 1.92. The number of aryl methyl sites for hydroxylation is 2. The fraction of sp³-hybridized carbons (Fsp3) is 0.111. The lowest BCUT2D eigenvalue weighted by Crippen LogP contribution is -2.12. The summed E-state index contributed by atoms with van der Waals surface area (Å²) in [6.07, 6.45) is 3.21. The van der Waals surface area contributed by atoms with Crippen molar-refractivity contribution in [2.45, 2.75) is 6.92 Å². The molecule has 0 aliphatic carbocycles. The van der Waals surface area contributed by atoms with E-state index in [0.717, 1.165) is 15.8 Å². The SMILES string of the molecule is Cc1ccc2c(c1)sc(=NC(=O)C=Cc1ccc(Cl)cc1)n2C. The van der Waals surface area contributed by atoms with Gasteiger partial charge < -0.3 is 4.57 Å². The monoisotopic (exact) mass is 342 g/mol. The van der Waals surface area contributed by atoms with Crippen molar-refractivity contribution in [1.82, 2.24) is 4.57 Å². The topological polar surface area (TPSA) is 34.4 Å². The van der Waals surface area contributed by atoms with Crippen LogP contribution in [-0.2, 0) is 11.8 Å². The second kappa shape index (κ2) is 6.52. The van der Waals surface area contributed by atoms with Crippen LogP contribution in [0.25, 0.3) is 16.3 Å². The van der Waals surface area contributed by atoms with Crippen LogP contribution < -0.4 is 4.80 Å². The quantitative estimate of drug-likeness (QED) is 0.638. The molecule has 116 valence electrons. The number of aromatic nitrogens is 1. The molecule has 0 saturated carbocycles. The van der Waals surface area contributed by atoms with Crippen LogP contribution in [0.5, 0.6) is 0 Å². The Morgan fingerprint density at radius 3 is 2.70 bits per heavy atom. The first-order chi connectivity index (χ1) is 11.0. The van der Waals surface area contributed by atoms with Crippen molar-refractivity contribution in [3.8, 4) is 0 Å². The molecule has 0 saturated heterocycles. The van der Waals surface area contributed by atoms with E-state index in [9.17, 15) is 4.79 Å². The van der Waals surface area contributed by atoms with Gasteiger partial charge in [-0.3, -0.25) is 4.79 Å². The highest BCUT2D eigenvalue weighted by Crippen LogP contribution is 2.17. The van der Waals surface area contributed by atoms with Gasteiger partial charge in [0.2, 0.25) is 0 Å². The fourth-order valence-corrected chi connectivity index (χ4v) is 3.47. The van der Waals surface area contributed by atoms with Gasteiger partial charge in [-0.15, -0.1) is 0 Å². The van der Waals surface area contributed by atoms with E-state index in [1.54, 1.807) is 18.2 Å². The summed E-state index contributed by atoms with van der Waals surface area (Å²) in [5.74, 6) is -0.279. The molecule has 0 aliphatic rings. The molecule has 3 rings (SSSR count). The van der Waals surface area contributed by atoms with E-state index in [0.29, 0.717) is 9.82 Å². The Labute approximate surface area is 143 Å². The molecule has 0 N–H and O–H groups in total. The standard InChI is InChI=1S/C18H15ClN2OS/c1-12-3-9-15-16(11-12)23-18(21(15)2)20-17(22)10-6-13-4-7-14(19)8-5-13/h3-11H,1-2H3. The van der Waals surface area contributed by atoms with Gasteiger partial charge >= 0.3 is 0 Å². The first-order valence-electron chi connectivity index (χ1n) is 7.11. The van der Waals surface area contributed by atoms with Crippen molar-refractivity contribution in [1.29, 1.82) is 0 Å². The molecule has 0 aliphatic heterocycles. The minimum Gasteiger partial charge on any atom is -0.319 e. The van der Waals surface area contributed by atoms with Crippen LogP contribution in [0.4, 0.5) is 0 Å². The molecule has 1 heterocycles. The second-order valence-electron chi connectivity index (χ2n) is 5.25. The van der Waals surface area contributed by atoms with E-state index < -0.39 is 0 Å². The Balaban J connectivity index is 1.90. The average molecular weight is 343 g/mol. The van der Waals surface area contributed by atoms with Crippen molar-refractivity contribution in [3.05, 3.63) is 69.5 Å². The highest BCUT2D eigenvalue weighted by molar-refractivity contribution is 7.16. The van der Waals surface area contributed by atoms with Gasteiger partial charge in [-0.1, -0.05) is 41.1 Å². The van der Waals surface area contributed by atoms with Gasteiger partial charge in [0.05, 0.1) is 10.2 Å². The Morgan fingerprint density at radius 1 is 1.22 bits per heavy atom. The average Bonchev–Trinajstić information content (AvgIpc) is 2.82. The highest BCUT2D eigenvalue weighted by atomic mass is 35.5. The van der Waals surface area contributed by atoms with Gasteiger partial charge in [0.1, 0.15) is 0 Å². The minimum absolute atomic E-state index is 0.279. The summed E-state index contributed by atoms with van der Waals surface area (Å²) >= 11 is 7.35. The number of thiazole rings is 1. The zero-order valence-electron chi connectivity index (χ0n) is 12.8. The first kappa shape index (κ1) is 15.7. The molecule has 23 heavy (non-hydrogen) atoms. The number of benzene rings is 2. The zero-order valence-corrected chi connectivity index (χ0v) is 14.4. The summed E-state index contributed by atoms with van der Waals surface area (Å²) in [5, 5.41) is 0.672. The Bertz CT molecular complexity index is 965. The van der Waals surface area contributed by atoms with Crippen molar-refractivity contribution < 1.29 is 4.79 Å². The smallest absolute Gasteiger partial charge is 0.272 e. The van der Waals surface area contributed by atoms with E-state index in [2.05, 4.69) is 24.0 Å². The summed E-state index contributed by atoms with van der Waals surface area (Å²) in [4.78, 5) is 16.9. The summed E-state index contributed by atoms with van der Waals surface area (Å²) in [6, 6.07) is 13.5. The van der Waals surface area contributed by atoms with Gasteiger partial charge in [-0.25, -0.2) is 0 Å². The third kappa shape index (κ3) is 3.60. The van der Waals surface area contributed by atoms with Crippen LogP contribution in [0.3, 0.4) is 0 Å². The molecule has 1 amide bonds. The van der Waals surface area contributed by atoms with Crippen LogP contribution in [0.2, 0.25) is 5.02 Å². The molecule has 5 heteroatoms. The normalized spacial score (nSPS) is 12.4. The van der Waals surface area contributed by atoms with Crippen LogP contribution in [-0.4, -0.2) is 10.5 Å². The van der Waals surface area contributed by atoms with Gasteiger partial charge in [0.25, 0.3) is 5.91 Å². The minimum atomic E-state index is -0.279. The largest absolute Gasteiger partial charge is 0.319 e. The zero-order chi connectivity index (χ0) is 16.4. The van der Waals surface area contributed by atoms with Crippen molar-refractivity contribution in [3.63, 3.8) is 0 Å². The van der Waals surface area contributed by atoms with E-state index in [-0.39, 0.29) is 5.91 Å². The number of fused-ring (bicyclic) bond motifs is 1. The maximum atomic E-state index is 12.1. The fourth-order valence-electron chi connectivity index (χ4n) is 2.22. The van der Waals surface area contributed by atoms with Crippen LogP contribution >= 0.6 is 22.9 Å². The lowest BCUT2D eigenvalue weighted by atomic mass is 10.2. The maximum absolute atomic E-state index is 12.1. The third-order valence-electron chi connectivity index (χ3n) is 3.46. The lowest BCUT2D eigenvalue weighted by molar-refractivity contribution is -0.113. The molecule has 3 nitrogen and oxygen atoms in total. The van der Waals surface area contributed by atoms with Crippen molar-refractivity contribution in [2.24, 2.45) is 12.0 Å².